The quantitative estimate of drug-likeness (QED) is 0.143. The first-order valence-corrected chi connectivity index (χ1v) is 11.1. The molecule has 0 saturated heterocycles. The number of halogens is 2. The highest BCUT2D eigenvalue weighted by molar-refractivity contribution is 5.96. The van der Waals surface area contributed by atoms with Crippen molar-refractivity contribution < 1.29 is 54.8 Å². The molecule has 5 N–H and O–H groups in total. The summed E-state index contributed by atoms with van der Waals surface area (Å²) < 4.78 is 5.80. The lowest BCUT2D eigenvalue weighted by Gasteiger charge is -2.17. The number of quaternary nitrogens is 2. The van der Waals surface area contributed by atoms with E-state index in [1.165, 1.54) is 4.90 Å². The molecule has 0 aliphatic carbocycles. The van der Waals surface area contributed by atoms with Gasteiger partial charge in [-0.25, -0.2) is 0 Å². The van der Waals surface area contributed by atoms with Crippen molar-refractivity contribution in [1.82, 2.24) is 0 Å². The van der Waals surface area contributed by atoms with Crippen LogP contribution in [0.1, 0.15) is 35.4 Å². The summed E-state index contributed by atoms with van der Waals surface area (Å²) in [4.78, 5) is 13.8. The molecule has 0 aromatic heterocycles. The van der Waals surface area contributed by atoms with Gasteiger partial charge in [-0.15, -0.1) is 0 Å². The summed E-state index contributed by atoms with van der Waals surface area (Å²) in [5, 5.41) is 21.8. The first-order chi connectivity index (χ1) is 15.4. The molecule has 0 bridgehead atoms. The normalized spacial score (nSPS) is 12.1. The van der Waals surface area contributed by atoms with Crippen molar-refractivity contribution in [2.75, 3.05) is 32.8 Å². The molecule has 0 aliphatic heterocycles. The van der Waals surface area contributed by atoms with E-state index in [2.05, 4.69) is 13.2 Å². The van der Waals surface area contributed by atoms with Gasteiger partial charge in [0.25, 0.3) is 0 Å². The number of benzene rings is 2. The van der Waals surface area contributed by atoms with Gasteiger partial charge in [-0.05, 0) is 61.0 Å². The van der Waals surface area contributed by atoms with Crippen molar-refractivity contribution >= 4 is 5.78 Å². The monoisotopic (exact) mass is 510 g/mol. The summed E-state index contributed by atoms with van der Waals surface area (Å²) in [5.41, 5.74) is 1.40. The van der Waals surface area contributed by atoms with Crippen LogP contribution in [0, 0.1) is 0 Å². The van der Waals surface area contributed by atoms with Crippen molar-refractivity contribution in [1.29, 1.82) is 0 Å². The van der Waals surface area contributed by atoms with Crippen molar-refractivity contribution in [3.63, 3.8) is 0 Å². The predicted molar refractivity (Wildman–Crippen MR) is 126 cm³/mol. The molecule has 6 nitrogen and oxygen atoms in total. The third kappa shape index (κ3) is 10.7. The lowest BCUT2D eigenvalue weighted by molar-refractivity contribution is -0.888. The third-order valence-electron chi connectivity index (χ3n) is 5.41. The second-order valence-corrected chi connectivity index (χ2v) is 7.95. The van der Waals surface area contributed by atoms with Crippen LogP contribution in [0.15, 0.2) is 73.8 Å². The Labute approximate surface area is 215 Å². The molecule has 0 spiro atoms. The number of nitrogens with two attached hydrogens (primary N) is 1. The molecule has 2 aromatic rings. The van der Waals surface area contributed by atoms with Gasteiger partial charge in [0, 0.05) is 5.56 Å². The topological polar surface area (TPSA) is 87.8 Å². The van der Waals surface area contributed by atoms with E-state index in [0.29, 0.717) is 25.1 Å². The van der Waals surface area contributed by atoms with E-state index in [-0.39, 0.29) is 42.4 Å². The van der Waals surface area contributed by atoms with E-state index in [4.69, 9.17) is 4.74 Å². The van der Waals surface area contributed by atoms with Gasteiger partial charge in [0.05, 0.1) is 26.1 Å². The van der Waals surface area contributed by atoms with Crippen molar-refractivity contribution in [2.45, 2.75) is 25.5 Å². The third-order valence-corrected chi connectivity index (χ3v) is 5.41. The Morgan fingerprint density at radius 2 is 1.65 bits per heavy atom. The Balaban J connectivity index is 0.00000544. The van der Waals surface area contributed by atoms with E-state index < -0.39 is 6.10 Å². The minimum absolute atomic E-state index is 0. The fourth-order valence-corrected chi connectivity index (χ4v) is 3.47. The number of carbonyl (C=O) groups is 1. The molecule has 0 fully saturated rings. The van der Waals surface area contributed by atoms with Crippen LogP contribution in [-0.4, -0.2) is 54.8 Å². The molecule has 0 radical (unpaired) electrons. The molecule has 0 amide bonds. The van der Waals surface area contributed by atoms with Crippen LogP contribution in [0.2, 0.25) is 0 Å². The summed E-state index contributed by atoms with van der Waals surface area (Å²) in [6.07, 6.45) is 3.50. The van der Waals surface area contributed by atoms with Gasteiger partial charge >= 0.3 is 0 Å². The van der Waals surface area contributed by atoms with Gasteiger partial charge in [0.1, 0.15) is 36.8 Å². The zero-order chi connectivity index (χ0) is 23.3. The van der Waals surface area contributed by atoms with Crippen LogP contribution in [0.25, 0.3) is 0 Å². The number of aromatic hydroxyl groups is 1. The van der Waals surface area contributed by atoms with Crippen LogP contribution in [0.3, 0.4) is 0 Å². The van der Waals surface area contributed by atoms with Crippen LogP contribution in [-0.2, 0) is 0 Å². The Morgan fingerprint density at radius 3 is 2.21 bits per heavy atom. The maximum absolute atomic E-state index is 12.5. The molecule has 0 heterocycles. The summed E-state index contributed by atoms with van der Waals surface area (Å²) in [6, 6.07) is 13.7. The number of nitrogens with one attached hydrogen (secondary N) is 1. The van der Waals surface area contributed by atoms with Crippen molar-refractivity contribution in [3.05, 3.63) is 85.0 Å². The predicted octanol–water partition coefficient (Wildman–Crippen LogP) is -4.71. The van der Waals surface area contributed by atoms with Gasteiger partial charge in [-0.2, -0.15) is 0 Å². The molecular weight excluding hydrogens is 475 g/mol. The average molecular weight is 511 g/mol. The highest BCUT2D eigenvalue weighted by Gasteiger charge is 2.19. The Hall–Kier alpha value is -2.35. The zero-order valence-corrected chi connectivity index (χ0v) is 21.1. The van der Waals surface area contributed by atoms with Crippen LogP contribution in [0.5, 0.6) is 11.5 Å². The van der Waals surface area contributed by atoms with Crippen LogP contribution in [0.4, 0.5) is 0 Å². The first-order valence-electron chi connectivity index (χ1n) is 11.1. The highest BCUT2D eigenvalue weighted by Crippen LogP contribution is 2.18. The zero-order valence-electron chi connectivity index (χ0n) is 19.6. The molecule has 0 saturated carbocycles. The summed E-state index contributed by atoms with van der Waals surface area (Å²) in [6.45, 7) is 13.2. The number of carbonyl (C=O) groups excluding carboxylic acids is 1. The van der Waals surface area contributed by atoms with Gasteiger partial charge < -0.3 is 50.0 Å². The number of aliphatic hydroxyl groups is 1. The molecule has 34 heavy (non-hydrogen) atoms. The van der Waals surface area contributed by atoms with Gasteiger partial charge in [0.2, 0.25) is 0 Å². The standard InChI is InChI=1S/C26H34N2O4.2ClH/c1-4-16-28(17-5-2)18-19-32-24-12-8-21(9-13-24)25(30)14-15-27-20(3)26(31)22-6-10-23(29)11-7-22;;/h4-13,20,26-27,29,31H,1-2,14-19H2,3H3;2*1H. The highest BCUT2D eigenvalue weighted by atomic mass is 35.5. The van der Waals surface area contributed by atoms with E-state index in [1.54, 1.807) is 36.4 Å². The fraction of sp³-hybridized carbons (Fsp3) is 0.346. The van der Waals surface area contributed by atoms with Crippen LogP contribution >= 0.6 is 0 Å². The molecule has 0 aliphatic rings. The molecule has 8 heteroatoms. The van der Waals surface area contributed by atoms with E-state index in [1.807, 2.05) is 36.5 Å². The molecular formula is C26H36Cl2N2O4. The minimum Gasteiger partial charge on any atom is -1.00 e. The molecule has 2 aromatic carbocycles. The molecule has 2 atom stereocenters. The number of Topliss-reactive ketones (excluding diaryl/α,β-unsaturated/α-hetero) is 1. The lowest BCUT2D eigenvalue weighted by Crippen LogP contribution is -3.12. The second-order valence-electron chi connectivity index (χ2n) is 7.95. The fourth-order valence-electron chi connectivity index (χ4n) is 3.47. The number of ether oxygens (including phenoxy) is 1. The number of aliphatic hydroxyl groups excluding tert-OH is 1. The van der Waals surface area contributed by atoms with Crippen LogP contribution < -0.4 is 39.8 Å². The number of rotatable bonds is 15. The molecule has 2 rings (SSSR count). The first kappa shape index (κ1) is 31.6. The maximum atomic E-state index is 12.5. The van der Waals surface area contributed by atoms with Crippen molar-refractivity contribution in [3.8, 4) is 11.5 Å². The Bertz CT molecular complexity index is 850. The maximum Gasteiger partial charge on any atom is 0.168 e. The number of hydrogen-bond acceptors (Lipinski definition) is 4. The second kappa shape index (κ2) is 17.1. The number of hydrogen-bond donors (Lipinski definition) is 4. The summed E-state index contributed by atoms with van der Waals surface area (Å²) >= 11 is 0. The Kier molecular flexibility index (Phi) is 16.0. The summed E-state index contributed by atoms with van der Waals surface area (Å²) in [5.74, 6) is 0.977. The summed E-state index contributed by atoms with van der Waals surface area (Å²) in [7, 11) is 0. The van der Waals surface area contributed by atoms with Gasteiger partial charge in [-0.3, -0.25) is 4.79 Å². The van der Waals surface area contributed by atoms with Gasteiger partial charge in [-0.1, -0.05) is 25.3 Å². The molecule has 2 unspecified atom stereocenters. The van der Waals surface area contributed by atoms with E-state index in [9.17, 15) is 15.0 Å². The number of phenols is 1. The molecule has 188 valence electrons. The average Bonchev–Trinajstić information content (AvgIpc) is 2.79. The minimum atomic E-state index is -0.669. The smallest absolute Gasteiger partial charge is 0.168 e. The largest absolute Gasteiger partial charge is 1.00 e. The number of ketones is 1. The SMILES string of the molecule is C=CC[NH+](CC=C)CCOc1ccc(C(=O)CC[NH2+]C(C)C(O)c2ccc(O)cc2)cc1.[Cl-].[Cl-]. The van der Waals surface area contributed by atoms with Gasteiger partial charge in [0.15, 0.2) is 5.78 Å². The Morgan fingerprint density at radius 1 is 1.06 bits per heavy atom. The number of phenolic OH excluding ortho intramolecular Hbond substituents is 1. The lowest BCUT2D eigenvalue weighted by atomic mass is 10.0. The van der Waals surface area contributed by atoms with E-state index >= 15 is 0 Å². The van der Waals surface area contributed by atoms with E-state index in [0.717, 1.165) is 30.9 Å². The van der Waals surface area contributed by atoms with Crippen molar-refractivity contribution in [2.24, 2.45) is 0 Å².